The molecule has 4 saturated heterocycles. The number of likely N-dealkylation sites (tertiary alicyclic amines) is 1. The van der Waals surface area contributed by atoms with E-state index in [0.717, 1.165) is 61.9 Å². The molecule has 0 spiro atoms. The Bertz CT molecular complexity index is 936. The van der Waals surface area contributed by atoms with E-state index in [1.54, 1.807) is 0 Å². The number of aromatic nitrogens is 1. The van der Waals surface area contributed by atoms with Gasteiger partial charge in [0.05, 0.1) is 19.6 Å². The van der Waals surface area contributed by atoms with E-state index in [4.69, 9.17) is 4.74 Å². The second-order valence-electron chi connectivity index (χ2n) is 10.9. The number of hydrogen-bond donors (Lipinski definition) is 0. The van der Waals surface area contributed by atoms with Crippen molar-refractivity contribution in [3.63, 3.8) is 0 Å². The zero-order valence-electron chi connectivity index (χ0n) is 20.7. The standard InChI is InChI=1S/C29H40N3O2/c1-29(26-12-4-2-5-13-26,31-17-6-3-7-18-31)28(33)34-27-23-32(20-14-25(27)15-21-32)19-9-11-24-10-8-16-30-22-24/h2,4-5,8,10,12-13,16,22,25,27H,3,6-7,9,11,14-15,17-21,23H2,1H3/q+1/t25?,27-,29-,32?/m0/s1. The highest BCUT2D eigenvalue weighted by Crippen LogP contribution is 2.39. The zero-order valence-corrected chi connectivity index (χ0v) is 20.7. The summed E-state index contributed by atoms with van der Waals surface area (Å²) in [6, 6.07) is 14.5. The van der Waals surface area contributed by atoms with Crippen LogP contribution in [0.2, 0.25) is 0 Å². The maximum absolute atomic E-state index is 13.9. The van der Waals surface area contributed by atoms with Crippen LogP contribution in [0.25, 0.3) is 0 Å². The molecule has 2 atom stereocenters. The molecule has 0 saturated carbocycles. The number of piperidine rings is 4. The minimum Gasteiger partial charge on any atom is -0.454 e. The van der Waals surface area contributed by atoms with Crippen molar-refractivity contribution >= 4 is 5.97 Å². The lowest BCUT2D eigenvalue weighted by Crippen LogP contribution is -2.65. The van der Waals surface area contributed by atoms with Gasteiger partial charge in [-0.15, -0.1) is 0 Å². The number of nitrogens with zero attached hydrogens (tertiary/aromatic N) is 3. The van der Waals surface area contributed by atoms with Gasteiger partial charge < -0.3 is 9.22 Å². The molecule has 0 unspecified atom stereocenters. The SMILES string of the molecule is C[C@@](C(=O)O[C@H]1C[N+]2(CCCc3cccnc3)CCC1CC2)(c1ccccc1)N1CCCCC1. The minimum atomic E-state index is -0.709. The van der Waals surface area contributed by atoms with Crippen LogP contribution in [0, 0.1) is 5.92 Å². The minimum absolute atomic E-state index is 0.0428. The Kier molecular flexibility index (Phi) is 7.03. The molecule has 0 N–H and O–H groups in total. The smallest absolute Gasteiger partial charge is 0.331 e. The first-order chi connectivity index (χ1) is 16.6. The number of rotatable bonds is 8. The molecular formula is C29H40N3O2+. The normalized spacial score (nSPS) is 28.9. The molecule has 0 aliphatic carbocycles. The number of aryl methyl sites for hydroxylation is 1. The highest BCUT2D eigenvalue weighted by Gasteiger charge is 2.50. The summed E-state index contributed by atoms with van der Waals surface area (Å²) in [6.45, 7) is 8.62. The lowest BCUT2D eigenvalue weighted by molar-refractivity contribution is -0.946. The summed E-state index contributed by atoms with van der Waals surface area (Å²) in [7, 11) is 0. The first-order valence-electron chi connectivity index (χ1n) is 13.3. The Labute approximate surface area is 204 Å². The molecule has 0 amide bonds. The van der Waals surface area contributed by atoms with E-state index in [2.05, 4.69) is 35.0 Å². The van der Waals surface area contributed by atoms with Crippen molar-refractivity contribution < 1.29 is 14.0 Å². The first-order valence-corrected chi connectivity index (χ1v) is 13.3. The number of carbonyl (C=O) groups is 1. The summed E-state index contributed by atoms with van der Waals surface area (Å²) >= 11 is 0. The van der Waals surface area contributed by atoms with Crippen molar-refractivity contribution in [1.29, 1.82) is 0 Å². The van der Waals surface area contributed by atoms with Crippen molar-refractivity contribution in [3.05, 3.63) is 66.0 Å². The van der Waals surface area contributed by atoms with Crippen LogP contribution in [0.5, 0.6) is 0 Å². The van der Waals surface area contributed by atoms with Crippen molar-refractivity contribution in [2.24, 2.45) is 5.92 Å². The molecule has 6 rings (SSSR count). The third-order valence-corrected chi connectivity index (χ3v) is 8.84. The topological polar surface area (TPSA) is 42.4 Å². The Morgan fingerprint density at radius 1 is 1.09 bits per heavy atom. The molecule has 5 nitrogen and oxygen atoms in total. The number of ether oxygens (including phenoxy) is 1. The summed E-state index contributed by atoms with van der Waals surface area (Å²) in [5.41, 5.74) is 1.66. The fraction of sp³-hybridized carbons (Fsp3) is 0.586. The molecule has 4 aliphatic heterocycles. The maximum Gasteiger partial charge on any atom is 0.331 e. The average molecular weight is 463 g/mol. The van der Waals surface area contributed by atoms with Crippen molar-refractivity contribution in [3.8, 4) is 0 Å². The van der Waals surface area contributed by atoms with Crippen LogP contribution >= 0.6 is 0 Å². The molecule has 34 heavy (non-hydrogen) atoms. The summed E-state index contributed by atoms with van der Waals surface area (Å²) in [4.78, 5) is 20.6. The largest absolute Gasteiger partial charge is 0.454 e. The van der Waals surface area contributed by atoms with E-state index in [1.807, 2.05) is 36.7 Å². The average Bonchev–Trinajstić information content (AvgIpc) is 2.90. The van der Waals surface area contributed by atoms with Crippen LogP contribution in [-0.4, -0.2) is 65.7 Å². The Balaban J connectivity index is 1.28. The molecule has 182 valence electrons. The van der Waals surface area contributed by atoms with Gasteiger partial charge in [-0.2, -0.15) is 0 Å². The second-order valence-corrected chi connectivity index (χ2v) is 10.9. The fourth-order valence-corrected chi connectivity index (χ4v) is 6.62. The monoisotopic (exact) mass is 462 g/mol. The van der Waals surface area contributed by atoms with E-state index < -0.39 is 5.54 Å². The van der Waals surface area contributed by atoms with Crippen molar-refractivity contribution in [2.45, 2.75) is 63.5 Å². The van der Waals surface area contributed by atoms with Crippen LogP contribution in [0.1, 0.15) is 56.6 Å². The van der Waals surface area contributed by atoms with Crippen LogP contribution in [0.3, 0.4) is 0 Å². The maximum atomic E-state index is 13.9. The number of fused-ring (bicyclic) bond motifs is 3. The number of quaternary nitrogens is 1. The van der Waals surface area contributed by atoms with Gasteiger partial charge >= 0.3 is 5.97 Å². The first kappa shape index (κ1) is 23.5. The Morgan fingerprint density at radius 3 is 2.56 bits per heavy atom. The Morgan fingerprint density at radius 2 is 1.85 bits per heavy atom. The van der Waals surface area contributed by atoms with Gasteiger partial charge in [-0.05, 0) is 56.5 Å². The van der Waals surface area contributed by atoms with Gasteiger partial charge in [-0.3, -0.25) is 9.88 Å². The molecule has 2 aromatic rings. The third-order valence-electron chi connectivity index (χ3n) is 8.84. The van der Waals surface area contributed by atoms with Crippen LogP contribution < -0.4 is 0 Å². The third kappa shape index (κ3) is 4.78. The van der Waals surface area contributed by atoms with E-state index in [1.165, 1.54) is 37.9 Å². The Hall–Kier alpha value is -2.24. The molecule has 1 aromatic carbocycles. The van der Waals surface area contributed by atoms with Gasteiger partial charge in [0.1, 0.15) is 12.1 Å². The summed E-state index contributed by atoms with van der Waals surface area (Å²) in [5, 5.41) is 0. The quantitative estimate of drug-likeness (QED) is 0.426. The number of pyridine rings is 1. The van der Waals surface area contributed by atoms with Gasteiger partial charge in [-0.25, -0.2) is 4.79 Å². The van der Waals surface area contributed by atoms with Crippen LogP contribution in [0.15, 0.2) is 54.9 Å². The molecule has 5 heterocycles. The lowest BCUT2D eigenvalue weighted by Gasteiger charge is -2.53. The van der Waals surface area contributed by atoms with Gasteiger partial charge in [0, 0.05) is 37.6 Å². The van der Waals surface area contributed by atoms with Crippen LogP contribution in [0.4, 0.5) is 0 Å². The highest BCUT2D eigenvalue weighted by atomic mass is 16.5. The molecule has 0 radical (unpaired) electrons. The number of hydrogen-bond acceptors (Lipinski definition) is 4. The summed E-state index contributed by atoms with van der Waals surface area (Å²) in [6.07, 6.45) is 12.0. The predicted molar refractivity (Wildman–Crippen MR) is 134 cm³/mol. The molecule has 4 fully saturated rings. The second kappa shape index (κ2) is 10.2. The van der Waals surface area contributed by atoms with Gasteiger partial charge in [0.15, 0.2) is 6.10 Å². The van der Waals surface area contributed by atoms with Crippen LogP contribution in [-0.2, 0) is 21.5 Å². The lowest BCUT2D eigenvalue weighted by atomic mass is 9.82. The summed E-state index contributed by atoms with van der Waals surface area (Å²) in [5.74, 6) is 0.469. The van der Waals surface area contributed by atoms with Gasteiger partial charge in [-0.1, -0.05) is 42.8 Å². The van der Waals surface area contributed by atoms with E-state index in [0.29, 0.717) is 5.92 Å². The predicted octanol–water partition coefficient (Wildman–Crippen LogP) is 4.57. The fourth-order valence-electron chi connectivity index (χ4n) is 6.62. The number of benzene rings is 1. The van der Waals surface area contributed by atoms with Crippen molar-refractivity contribution in [1.82, 2.24) is 9.88 Å². The van der Waals surface area contributed by atoms with Gasteiger partial charge in [0.25, 0.3) is 0 Å². The molecular weight excluding hydrogens is 422 g/mol. The molecule has 5 heteroatoms. The number of esters is 1. The van der Waals surface area contributed by atoms with E-state index in [-0.39, 0.29) is 12.1 Å². The molecule has 2 bridgehead atoms. The molecule has 4 aliphatic rings. The van der Waals surface area contributed by atoms with E-state index >= 15 is 0 Å². The number of carbonyl (C=O) groups excluding carboxylic acids is 1. The van der Waals surface area contributed by atoms with Crippen molar-refractivity contribution in [2.75, 3.05) is 39.3 Å². The van der Waals surface area contributed by atoms with Gasteiger partial charge in [0.2, 0.25) is 0 Å². The van der Waals surface area contributed by atoms with E-state index in [9.17, 15) is 4.79 Å². The molecule has 1 aromatic heterocycles. The summed E-state index contributed by atoms with van der Waals surface area (Å²) < 4.78 is 7.59. The zero-order chi connectivity index (χ0) is 23.4. The highest BCUT2D eigenvalue weighted by molar-refractivity contribution is 5.82.